The van der Waals surface area contributed by atoms with Crippen LogP contribution in [0.5, 0.6) is 11.8 Å². The van der Waals surface area contributed by atoms with Gasteiger partial charge < -0.3 is 19.9 Å². The Morgan fingerprint density at radius 3 is 2.31 bits per heavy atom. The highest BCUT2D eigenvalue weighted by Crippen LogP contribution is 2.41. The molecule has 1 heterocycles. The van der Waals surface area contributed by atoms with E-state index in [0.717, 1.165) is 18.9 Å². The molecule has 1 saturated carbocycles. The van der Waals surface area contributed by atoms with Crippen LogP contribution >= 0.6 is 23.2 Å². The molecule has 35 heavy (non-hydrogen) atoms. The van der Waals surface area contributed by atoms with Crippen LogP contribution in [-0.2, 0) is 6.18 Å². The number of aliphatic hydroxyl groups is 1. The van der Waals surface area contributed by atoms with Gasteiger partial charge in [0.15, 0.2) is 6.61 Å². The summed E-state index contributed by atoms with van der Waals surface area (Å²) in [7, 11) is 0. The molecule has 1 aromatic carbocycles. The van der Waals surface area contributed by atoms with Gasteiger partial charge in [-0.1, -0.05) is 29.3 Å². The van der Waals surface area contributed by atoms with Gasteiger partial charge in [-0.25, -0.2) is 14.8 Å². The summed E-state index contributed by atoms with van der Waals surface area (Å²) in [5.74, 6) is -2.56. The molecule has 0 bridgehead atoms. The molecule has 1 aliphatic rings. The van der Waals surface area contributed by atoms with E-state index in [0.29, 0.717) is 0 Å². The van der Waals surface area contributed by atoms with Gasteiger partial charge >= 0.3 is 18.4 Å². The SMILES string of the molecule is CC(O)(CNC(=O)Oc1nc(-c2ccc(Cl)c(Cl)c2)c(OCC(F)(F)F)nc1C(F)(F)F)C1CC1. The number of aromatic nitrogens is 2. The van der Waals surface area contributed by atoms with Crippen LogP contribution in [0.1, 0.15) is 25.5 Å². The highest BCUT2D eigenvalue weighted by atomic mass is 35.5. The van der Waals surface area contributed by atoms with Crippen molar-refractivity contribution >= 4 is 29.3 Å². The Labute approximate surface area is 204 Å². The lowest BCUT2D eigenvalue weighted by molar-refractivity contribution is -0.154. The van der Waals surface area contributed by atoms with E-state index >= 15 is 0 Å². The first kappa shape index (κ1) is 27.1. The molecule has 1 amide bonds. The van der Waals surface area contributed by atoms with Gasteiger partial charge in [0.25, 0.3) is 5.88 Å². The molecule has 1 fully saturated rings. The molecule has 1 atom stereocenters. The Morgan fingerprint density at radius 1 is 1.11 bits per heavy atom. The average molecular weight is 548 g/mol. The van der Waals surface area contributed by atoms with Crippen LogP contribution < -0.4 is 14.8 Å². The summed E-state index contributed by atoms with van der Waals surface area (Å²) in [6.45, 7) is -0.844. The lowest BCUT2D eigenvalue weighted by Crippen LogP contribution is -2.43. The fraction of sp³-hybridized carbons (Fsp3) is 0.450. The molecule has 2 N–H and O–H groups in total. The van der Waals surface area contributed by atoms with Crippen LogP contribution in [0, 0.1) is 5.92 Å². The van der Waals surface area contributed by atoms with Gasteiger partial charge in [-0.15, -0.1) is 0 Å². The molecule has 1 aliphatic carbocycles. The Hall–Kier alpha value is -2.51. The summed E-state index contributed by atoms with van der Waals surface area (Å²) >= 11 is 11.7. The van der Waals surface area contributed by atoms with E-state index in [1.165, 1.54) is 19.1 Å². The Morgan fingerprint density at radius 2 is 1.77 bits per heavy atom. The van der Waals surface area contributed by atoms with Gasteiger partial charge in [-0.2, -0.15) is 26.3 Å². The summed E-state index contributed by atoms with van der Waals surface area (Å²) in [5.41, 5.74) is -3.94. The third-order valence-corrected chi connectivity index (χ3v) is 5.64. The van der Waals surface area contributed by atoms with Crippen molar-refractivity contribution in [1.29, 1.82) is 0 Å². The Bertz CT molecular complexity index is 1110. The van der Waals surface area contributed by atoms with Gasteiger partial charge in [-0.3, -0.25) is 0 Å². The predicted molar refractivity (Wildman–Crippen MR) is 111 cm³/mol. The minimum Gasteiger partial charge on any atom is -0.466 e. The number of amides is 1. The van der Waals surface area contributed by atoms with E-state index in [4.69, 9.17) is 27.9 Å². The van der Waals surface area contributed by atoms with Crippen molar-refractivity contribution in [1.82, 2.24) is 15.3 Å². The number of rotatable bonds is 7. The third kappa shape index (κ3) is 7.24. The first-order valence-corrected chi connectivity index (χ1v) is 10.6. The molecule has 7 nitrogen and oxygen atoms in total. The highest BCUT2D eigenvalue weighted by Gasteiger charge is 2.42. The lowest BCUT2D eigenvalue weighted by atomic mass is 10.0. The zero-order valence-electron chi connectivity index (χ0n) is 17.7. The van der Waals surface area contributed by atoms with Crippen molar-refractivity contribution in [3.05, 3.63) is 33.9 Å². The van der Waals surface area contributed by atoms with Gasteiger partial charge in [0.1, 0.15) is 5.69 Å². The Balaban J connectivity index is 2.00. The van der Waals surface area contributed by atoms with E-state index in [-0.39, 0.29) is 28.1 Å². The van der Waals surface area contributed by atoms with E-state index < -0.39 is 53.8 Å². The van der Waals surface area contributed by atoms with Gasteiger partial charge in [0.05, 0.1) is 15.6 Å². The molecule has 2 aromatic rings. The fourth-order valence-corrected chi connectivity index (χ4v) is 3.27. The van der Waals surface area contributed by atoms with Crippen molar-refractivity contribution in [2.45, 2.75) is 37.7 Å². The van der Waals surface area contributed by atoms with Crippen molar-refractivity contribution in [2.24, 2.45) is 5.92 Å². The molecule has 0 radical (unpaired) electrons. The fourth-order valence-electron chi connectivity index (χ4n) is 2.97. The van der Waals surface area contributed by atoms with Crippen LogP contribution in [-0.4, -0.2) is 46.1 Å². The molecular weight excluding hydrogens is 531 g/mol. The molecule has 3 rings (SSSR count). The normalized spacial score (nSPS) is 15.9. The highest BCUT2D eigenvalue weighted by molar-refractivity contribution is 6.42. The number of nitrogens with one attached hydrogen (secondary N) is 1. The molecule has 1 aromatic heterocycles. The summed E-state index contributed by atoms with van der Waals surface area (Å²) < 4.78 is 88.1. The predicted octanol–water partition coefficient (Wildman–Crippen LogP) is 5.66. The molecule has 15 heteroatoms. The summed E-state index contributed by atoms with van der Waals surface area (Å²) in [4.78, 5) is 18.9. The van der Waals surface area contributed by atoms with Crippen LogP contribution in [0.15, 0.2) is 18.2 Å². The van der Waals surface area contributed by atoms with Crippen molar-refractivity contribution in [3.8, 4) is 23.0 Å². The first-order chi connectivity index (χ1) is 16.1. The largest absolute Gasteiger partial charge is 0.466 e. The average Bonchev–Trinajstić information content (AvgIpc) is 3.58. The van der Waals surface area contributed by atoms with Crippen molar-refractivity contribution in [2.75, 3.05) is 13.2 Å². The third-order valence-electron chi connectivity index (χ3n) is 4.90. The maximum Gasteiger partial charge on any atom is 0.438 e. The maximum absolute atomic E-state index is 13.6. The number of carbonyl (C=O) groups is 1. The standard InChI is InChI=1S/C20H17Cl2F6N3O4/c1-18(33,10-3-4-10)7-29-17(32)35-16-14(20(26,27)28)31-15(34-8-19(23,24)25)13(30-16)9-2-5-11(21)12(22)6-9/h2,5-6,10,33H,3-4,7-8H2,1H3,(H,29,32). The number of ether oxygens (including phenoxy) is 2. The van der Waals surface area contributed by atoms with E-state index in [1.54, 1.807) is 0 Å². The first-order valence-electron chi connectivity index (χ1n) is 9.89. The van der Waals surface area contributed by atoms with Gasteiger partial charge in [0.2, 0.25) is 11.6 Å². The number of halogens is 8. The van der Waals surface area contributed by atoms with Crippen LogP contribution in [0.4, 0.5) is 31.1 Å². The number of carbonyl (C=O) groups excluding carboxylic acids is 1. The number of hydrogen-bond donors (Lipinski definition) is 2. The Kier molecular flexibility index (Phi) is 7.63. The number of hydrogen-bond acceptors (Lipinski definition) is 6. The van der Waals surface area contributed by atoms with Crippen LogP contribution in [0.3, 0.4) is 0 Å². The van der Waals surface area contributed by atoms with Crippen LogP contribution in [0.2, 0.25) is 10.0 Å². The zero-order chi connectivity index (χ0) is 26.2. The maximum atomic E-state index is 13.6. The van der Waals surface area contributed by atoms with Crippen LogP contribution in [0.25, 0.3) is 11.3 Å². The number of nitrogens with zero attached hydrogens (tertiary/aromatic N) is 2. The quantitative estimate of drug-likeness (QED) is 0.434. The smallest absolute Gasteiger partial charge is 0.438 e. The minimum absolute atomic E-state index is 0.0478. The second kappa shape index (κ2) is 9.86. The number of benzene rings is 1. The van der Waals surface area contributed by atoms with Crippen molar-refractivity contribution < 1.29 is 45.7 Å². The van der Waals surface area contributed by atoms with E-state index in [1.807, 2.05) is 0 Å². The topological polar surface area (TPSA) is 93.6 Å². The second-order valence-electron chi connectivity index (χ2n) is 7.94. The molecule has 1 unspecified atom stereocenters. The monoisotopic (exact) mass is 547 g/mol. The van der Waals surface area contributed by atoms with Gasteiger partial charge in [0, 0.05) is 12.1 Å². The second-order valence-corrected chi connectivity index (χ2v) is 8.75. The summed E-state index contributed by atoms with van der Waals surface area (Å²) in [6, 6.07) is 3.53. The molecule has 192 valence electrons. The molecule has 0 saturated heterocycles. The molecule has 0 spiro atoms. The van der Waals surface area contributed by atoms with Crippen molar-refractivity contribution in [3.63, 3.8) is 0 Å². The minimum atomic E-state index is -5.28. The summed E-state index contributed by atoms with van der Waals surface area (Å²) in [6.07, 6.45) is -10.1. The van der Waals surface area contributed by atoms with Gasteiger partial charge in [-0.05, 0) is 37.8 Å². The summed E-state index contributed by atoms with van der Waals surface area (Å²) in [5, 5.41) is 12.3. The zero-order valence-corrected chi connectivity index (χ0v) is 19.2. The molecular formula is C20H17Cl2F6N3O4. The lowest BCUT2D eigenvalue weighted by Gasteiger charge is -2.23. The van der Waals surface area contributed by atoms with E-state index in [9.17, 15) is 36.2 Å². The molecule has 0 aliphatic heterocycles. The number of alkyl halides is 6. The van der Waals surface area contributed by atoms with E-state index in [2.05, 4.69) is 20.0 Å².